The molecule has 0 spiro atoms. The molecule has 0 heterocycles. The van der Waals surface area contributed by atoms with Gasteiger partial charge in [0.15, 0.2) is 0 Å². The van der Waals surface area contributed by atoms with Crippen molar-refractivity contribution in [3.05, 3.63) is 11.8 Å². The van der Waals surface area contributed by atoms with E-state index in [4.69, 9.17) is 0 Å². The monoisotopic (exact) mass is 400 g/mol. The van der Waals surface area contributed by atoms with E-state index in [2.05, 4.69) is 34.6 Å². The predicted octanol–water partition coefficient (Wildman–Crippen LogP) is 8.55. The number of fused-ring (bicyclic) bond motifs is 5. The summed E-state index contributed by atoms with van der Waals surface area (Å²) < 4.78 is 0. The third-order valence-corrected chi connectivity index (χ3v) is 11.2. The van der Waals surface area contributed by atoms with Gasteiger partial charge >= 0.3 is 0 Å². The van der Waals surface area contributed by atoms with Crippen LogP contribution in [0, 0.1) is 52.3 Å². The van der Waals surface area contributed by atoms with Crippen LogP contribution < -0.4 is 0 Å². The SMILES string of the molecule is CC(=CO)CCC[C@@H](C)[C@H]1CC[C@H]2[C@@H]3CCC4[C@H](C)CCC[C@]4(C)[C@H]3CC[C@]12C. The zero-order chi connectivity index (χ0) is 20.8. The summed E-state index contributed by atoms with van der Waals surface area (Å²) >= 11 is 0. The molecule has 0 aromatic rings. The molecule has 1 heteroatoms. The van der Waals surface area contributed by atoms with Crippen molar-refractivity contribution in [3.8, 4) is 0 Å². The first kappa shape index (κ1) is 21.8. The molecule has 1 N–H and O–H groups in total. The summed E-state index contributed by atoms with van der Waals surface area (Å²) in [7, 11) is 0. The molecule has 0 aliphatic heterocycles. The lowest BCUT2D eigenvalue weighted by atomic mass is 9.43. The van der Waals surface area contributed by atoms with Crippen molar-refractivity contribution >= 4 is 0 Å². The Labute approximate surface area is 181 Å². The summed E-state index contributed by atoms with van der Waals surface area (Å²) in [6.07, 6.45) is 18.5. The fraction of sp³-hybridized carbons (Fsp3) is 0.929. The average Bonchev–Trinajstić information content (AvgIpc) is 3.05. The third-order valence-electron chi connectivity index (χ3n) is 11.2. The second kappa shape index (κ2) is 8.23. The van der Waals surface area contributed by atoms with Crippen LogP contribution in [0.5, 0.6) is 0 Å². The molecule has 0 aromatic heterocycles. The molecule has 0 bridgehead atoms. The van der Waals surface area contributed by atoms with Gasteiger partial charge in [0.05, 0.1) is 6.26 Å². The summed E-state index contributed by atoms with van der Waals surface area (Å²) in [5, 5.41) is 9.17. The maximum absolute atomic E-state index is 9.17. The lowest BCUT2D eigenvalue weighted by molar-refractivity contribution is -0.127. The summed E-state index contributed by atoms with van der Waals surface area (Å²) in [6, 6.07) is 0. The van der Waals surface area contributed by atoms with Crippen molar-refractivity contribution in [2.75, 3.05) is 0 Å². The Kier molecular flexibility index (Phi) is 6.18. The van der Waals surface area contributed by atoms with Crippen molar-refractivity contribution < 1.29 is 5.11 Å². The van der Waals surface area contributed by atoms with Gasteiger partial charge in [-0.25, -0.2) is 0 Å². The van der Waals surface area contributed by atoms with E-state index in [1.807, 2.05) is 0 Å². The van der Waals surface area contributed by atoms with Gasteiger partial charge in [-0.05, 0) is 123 Å². The van der Waals surface area contributed by atoms with Crippen LogP contribution in [0.25, 0.3) is 0 Å². The van der Waals surface area contributed by atoms with Crippen LogP contribution in [0.15, 0.2) is 11.8 Å². The topological polar surface area (TPSA) is 20.2 Å². The number of allylic oxidation sites excluding steroid dienone is 1. The van der Waals surface area contributed by atoms with E-state index in [0.29, 0.717) is 10.8 Å². The fourth-order valence-electron chi connectivity index (χ4n) is 9.74. The maximum atomic E-state index is 9.17. The van der Waals surface area contributed by atoms with Gasteiger partial charge in [0.25, 0.3) is 0 Å². The van der Waals surface area contributed by atoms with Crippen molar-refractivity contribution in [3.63, 3.8) is 0 Å². The van der Waals surface area contributed by atoms with Gasteiger partial charge in [0.2, 0.25) is 0 Å². The molecule has 4 fully saturated rings. The minimum absolute atomic E-state index is 0.603. The van der Waals surface area contributed by atoms with E-state index < -0.39 is 0 Å². The largest absolute Gasteiger partial charge is 0.516 e. The standard InChI is InChI=1S/C28H48O/c1-19(18-29)8-6-9-20(2)24-13-14-25-22-11-12-23-21(3)10-7-16-27(23,4)26(22)15-17-28(24,25)5/h18,20-26,29H,6-17H2,1-5H3/t20-,21-,22+,23?,24-,25+,26+,27+,28-/m1/s1. The highest BCUT2D eigenvalue weighted by Gasteiger charge is 2.60. The van der Waals surface area contributed by atoms with Gasteiger partial charge in [-0.15, -0.1) is 0 Å². The molecular formula is C28H48O. The van der Waals surface area contributed by atoms with Gasteiger partial charge in [-0.1, -0.05) is 47.0 Å². The molecule has 0 amide bonds. The Bertz CT molecular complexity index is 607. The van der Waals surface area contributed by atoms with Crippen molar-refractivity contribution in [1.29, 1.82) is 0 Å². The molecular weight excluding hydrogens is 352 g/mol. The quantitative estimate of drug-likeness (QED) is 0.458. The lowest BCUT2D eigenvalue weighted by Crippen LogP contribution is -2.54. The molecule has 4 rings (SSSR count). The maximum Gasteiger partial charge on any atom is 0.0780 e. The minimum atomic E-state index is 0.603. The Morgan fingerprint density at radius 2 is 1.69 bits per heavy atom. The average molecular weight is 401 g/mol. The molecule has 4 saturated carbocycles. The molecule has 29 heavy (non-hydrogen) atoms. The summed E-state index contributed by atoms with van der Waals surface area (Å²) in [5.41, 5.74) is 2.39. The molecule has 4 aliphatic rings. The molecule has 1 unspecified atom stereocenters. The molecule has 4 aliphatic carbocycles. The van der Waals surface area contributed by atoms with E-state index in [0.717, 1.165) is 53.4 Å². The highest BCUT2D eigenvalue weighted by molar-refractivity contribution is 5.10. The smallest absolute Gasteiger partial charge is 0.0780 e. The van der Waals surface area contributed by atoms with Crippen LogP contribution >= 0.6 is 0 Å². The highest BCUT2D eigenvalue weighted by Crippen LogP contribution is 2.68. The van der Waals surface area contributed by atoms with E-state index in [1.54, 1.807) is 0 Å². The first-order valence-electron chi connectivity index (χ1n) is 13.1. The van der Waals surface area contributed by atoms with Crippen LogP contribution in [0.1, 0.15) is 112 Å². The molecule has 166 valence electrons. The number of hydrogen-bond acceptors (Lipinski definition) is 1. The van der Waals surface area contributed by atoms with E-state index in [1.165, 1.54) is 76.9 Å². The number of rotatable bonds is 5. The first-order valence-corrected chi connectivity index (χ1v) is 13.1. The Balaban J connectivity index is 1.46. The molecule has 0 aromatic carbocycles. The van der Waals surface area contributed by atoms with Crippen molar-refractivity contribution in [1.82, 2.24) is 0 Å². The summed E-state index contributed by atoms with van der Waals surface area (Å²) in [5.74, 6) is 6.81. The Hall–Kier alpha value is -0.460. The van der Waals surface area contributed by atoms with Crippen molar-refractivity contribution in [2.45, 2.75) is 112 Å². The normalized spacial score (nSPS) is 48.5. The zero-order valence-electron chi connectivity index (χ0n) is 20.1. The number of aliphatic hydroxyl groups excluding tert-OH is 1. The van der Waals surface area contributed by atoms with Gasteiger partial charge in [-0.3, -0.25) is 0 Å². The molecule has 0 radical (unpaired) electrons. The number of hydrogen-bond donors (Lipinski definition) is 1. The van der Waals surface area contributed by atoms with Crippen LogP contribution in [0.2, 0.25) is 0 Å². The summed E-state index contributed by atoms with van der Waals surface area (Å²) in [4.78, 5) is 0. The highest BCUT2D eigenvalue weighted by atomic mass is 16.2. The molecule has 1 nitrogen and oxygen atoms in total. The Morgan fingerprint density at radius 3 is 2.45 bits per heavy atom. The third kappa shape index (κ3) is 3.61. The minimum Gasteiger partial charge on any atom is -0.516 e. The van der Waals surface area contributed by atoms with Crippen LogP contribution in [-0.2, 0) is 0 Å². The van der Waals surface area contributed by atoms with E-state index in [-0.39, 0.29) is 0 Å². The van der Waals surface area contributed by atoms with E-state index >= 15 is 0 Å². The predicted molar refractivity (Wildman–Crippen MR) is 124 cm³/mol. The second-order valence-corrected chi connectivity index (χ2v) is 12.5. The fourth-order valence-corrected chi connectivity index (χ4v) is 9.74. The van der Waals surface area contributed by atoms with E-state index in [9.17, 15) is 5.11 Å². The van der Waals surface area contributed by atoms with Crippen LogP contribution in [0.3, 0.4) is 0 Å². The lowest BCUT2D eigenvalue weighted by Gasteiger charge is -2.62. The van der Waals surface area contributed by atoms with Gasteiger partial charge in [-0.2, -0.15) is 0 Å². The van der Waals surface area contributed by atoms with Gasteiger partial charge in [0.1, 0.15) is 0 Å². The van der Waals surface area contributed by atoms with Crippen LogP contribution in [-0.4, -0.2) is 5.11 Å². The first-order chi connectivity index (χ1) is 13.8. The number of aliphatic hydroxyl groups is 1. The van der Waals surface area contributed by atoms with Gasteiger partial charge in [0, 0.05) is 0 Å². The second-order valence-electron chi connectivity index (χ2n) is 12.5. The molecule has 0 saturated heterocycles. The van der Waals surface area contributed by atoms with Gasteiger partial charge < -0.3 is 5.11 Å². The zero-order valence-corrected chi connectivity index (χ0v) is 20.1. The van der Waals surface area contributed by atoms with Crippen molar-refractivity contribution in [2.24, 2.45) is 52.3 Å². The molecule has 9 atom stereocenters. The van der Waals surface area contributed by atoms with Crippen LogP contribution in [0.4, 0.5) is 0 Å². The summed E-state index contributed by atoms with van der Waals surface area (Å²) in [6.45, 7) is 12.6. The Morgan fingerprint density at radius 1 is 0.966 bits per heavy atom.